The van der Waals surface area contributed by atoms with Crippen molar-refractivity contribution < 1.29 is 13.9 Å². The summed E-state index contributed by atoms with van der Waals surface area (Å²) in [5.74, 6) is -0.316. The molecule has 6 heteroatoms. The Kier molecular flexibility index (Phi) is 5.28. The van der Waals surface area contributed by atoms with E-state index in [9.17, 15) is 9.18 Å². The standard InChI is InChI=1S/C19H22FN3O2/c1-14(24)23-10-8-22(9-11-23)13-15-4-3-5-16(12-15)17-6-7-21-19(25-2)18(17)20/h3-7,12H,8-11,13H2,1-2H3. The molecule has 3 rings (SSSR count). The Hall–Kier alpha value is -2.47. The highest BCUT2D eigenvalue weighted by molar-refractivity contribution is 5.73. The van der Waals surface area contributed by atoms with E-state index in [1.54, 1.807) is 19.2 Å². The number of hydrogen-bond acceptors (Lipinski definition) is 4. The molecule has 0 N–H and O–H groups in total. The molecule has 0 saturated carbocycles. The quantitative estimate of drug-likeness (QED) is 0.856. The molecular weight excluding hydrogens is 321 g/mol. The summed E-state index contributed by atoms with van der Waals surface area (Å²) < 4.78 is 19.4. The molecule has 1 aliphatic rings. The molecule has 0 radical (unpaired) electrons. The number of piperazine rings is 1. The normalized spacial score (nSPS) is 15.2. The van der Waals surface area contributed by atoms with Crippen molar-refractivity contribution in [2.45, 2.75) is 13.5 Å². The van der Waals surface area contributed by atoms with Crippen LogP contribution in [0.5, 0.6) is 5.88 Å². The highest BCUT2D eigenvalue weighted by Crippen LogP contribution is 2.28. The molecule has 0 spiro atoms. The van der Waals surface area contributed by atoms with E-state index in [4.69, 9.17) is 4.74 Å². The molecule has 2 aromatic rings. The molecule has 1 fully saturated rings. The number of carbonyl (C=O) groups excluding carboxylic acids is 1. The van der Waals surface area contributed by atoms with Crippen molar-refractivity contribution in [2.24, 2.45) is 0 Å². The van der Waals surface area contributed by atoms with Gasteiger partial charge in [0.2, 0.25) is 5.91 Å². The summed E-state index contributed by atoms with van der Waals surface area (Å²) >= 11 is 0. The molecule has 25 heavy (non-hydrogen) atoms. The second-order valence-electron chi connectivity index (χ2n) is 6.16. The first kappa shape index (κ1) is 17.4. The van der Waals surface area contributed by atoms with Crippen molar-refractivity contribution in [3.8, 4) is 17.0 Å². The summed E-state index contributed by atoms with van der Waals surface area (Å²) in [5.41, 5.74) is 2.40. The van der Waals surface area contributed by atoms with E-state index < -0.39 is 5.82 Å². The molecule has 1 aromatic carbocycles. The first-order chi connectivity index (χ1) is 12.1. The number of halogens is 1. The Bertz CT molecular complexity index is 758. The molecule has 0 bridgehead atoms. The van der Waals surface area contributed by atoms with Crippen molar-refractivity contribution >= 4 is 5.91 Å². The van der Waals surface area contributed by atoms with E-state index in [0.29, 0.717) is 5.56 Å². The SMILES string of the molecule is COc1nccc(-c2cccc(CN3CCN(C(C)=O)CC3)c2)c1F. The van der Waals surface area contributed by atoms with E-state index in [1.807, 2.05) is 29.2 Å². The molecule has 1 amide bonds. The maximum atomic E-state index is 14.4. The van der Waals surface area contributed by atoms with Gasteiger partial charge in [-0.25, -0.2) is 9.37 Å². The third-order valence-electron chi connectivity index (χ3n) is 4.51. The van der Waals surface area contributed by atoms with Gasteiger partial charge >= 0.3 is 0 Å². The van der Waals surface area contributed by atoms with Crippen molar-refractivity contribution in [1.29, 1.82) is 0 Å². The van der Waals surface area contributed by atoms with Crippen LogP contribution in [0.1, 0.15) is 12.5 Å². The lowest BCUT2D eigenvalue weighted by molar-refractivity contribution is -0.130. The summed E-state index contributed by atoms with van der Waals surface area (Å²) in [4.78, 5) is 19.5. The number of rotatable bonds is 4. The number of benzene rings is 1. The third kappa shape index (κ3) is 3.96. The highest BCUT2D eigenvalue weighted by atomic mass is 19.1. The van der Waals surface area contributed by atoms with E-state index in [-0.39, 0.29) is 11.8 Å². The Balaban J connectivity index is 1.74. The molecule has 1 aromatic heterocycles. The maximum Gasteiger partial charge on any atom is 0.250 e. The molecule has 1 saturated heterocycles. The van der Waals surface area contributed by atoms with Crippen LogP contribution in [-0.2, 0) is 11.3 Å². The molecule has 2 heterocycles. The van der Waals surface area contributed by atoms with Gasteiger partial charge in [-0.1, -0.05) is 18.2 Å². The summed E-state index contributed by atoms with van der Waals surface area (Å²) in [6.45, 7) is 5.60. The molecule has 0 aliphatic carbocycles. The van der Waals surface area contributed by atoms with Crippen LogP contribution in [0.4, 0.5) is 4.39 Å². The monoisotopic (exact) mass is 343 g/mol. The van der Waals surface area contributed by atoms with Gasteiger partial charge in [-0.15, -0.1) is 0 Å². The minimum Gasteiger partial charge on any atom is -0.479 e. The lowest BCUT2D eigenvalue weighted by Crippen LogP contribution is -2.47. The lowest BCUT2D eigenvalue weighted by atomic mass is 10.0. The van der Waals surface area contributed by atoms with Crippen molar-refractivity contribution in [2.75, 3.05) is 33.3 Å². The number of hydrogen-bond donors (Lipinski definition) is 0. The largest absolute Gasteiger partial charge is 0.479 e. The second-order valence-corrected chi connectivity index (χ2v) is 6.16. The van der Waals surface area contributed by atoms with Crippen molar-refractivity contribution in [3.05, 3.63) is 47.9 Å². The van der Waals surface area contributed by atoms with Gasteiger partial charge in [0.15, 0.2) is 5.82 Å². The fourth-order valence-electron chi connectivity index (χ4n) is 3.11. The average molecular weight is 343 g/mol. The van der Waals surface area contributed by atoms with E-state index in [2.05, 4.69) is 9.88 Å². The molecule has 0 unspecified atom stereocenters. The number of carbonyl (C=O) groups is 1. The Morgan fingerprint density at radius 3 is 2.68 bits per heavy atom. The number of aromatic nitrogens is 1. The Labute approximate surface area is 147 Å². The van der Waals surface area contributed by atoms with Crippen LogP contribution in [-0.4, -0.2) is 54.0 Å². The topological polar surface area (TPSA) is 45.7 Å². The Morgan fingerprint density at radius 1 is 1.24 bits per heavy atom. The smallest absolute Gasteiger partial charge is 0.250 e. The summed E-state index contributed by atoms with van der Waals surface area (Å²) in [7, 11) is 1.41. The van der Waals surface area contributed by atoms with Crippen LogP contribution in [0.25, 0.3) is 11.1 Å². The van der Waals surface area contributed by atoms with Crippen LogP contribution in [0.15, 0.2) is 36.5 Å². The fourth-order valence-corrected chi connectivity index (χ4v) is 3.11. The molecular formula is C19H22FN3O2. The minimum absolute atomic E-state index is 0.00302. The number of nitrogens with zero attached hydrogens (tertiary/aromatic N) is 3. The number of pyridine rings is 1. The van der Waals surface area contributed by atoms with Gasteiger partial charge in [-0.2, -0.15) is 0 Å². The summed E-state index contributed by atoms with van der Waals surface area (Å²) in [5, 5.41) is 0. The number of methoxy groups -OCH3 is 1. The van der Waals surface area contributed by atoms with Crippen LogP contribution in [0.2, 0.25) is 0 Å². The van der Waals surface area contributed by atoms with Crippen LogP contribution < -0.4 is 4.74 Å². The zero-order chi connectivity index (χ0) is 17.8. The van der Waals surface area contributed by atoms with Gasteiger partial charge in [0.05, 0.1) is 7.11 Å². The van der Waals surface area contributed by atoms with Gasteiger partial charge in [0.25, 0.3) is 5.88 Å². The van der Waals surface area contributed by atoms with Crippen LogP contribution in [0.3, 0.4) is 0 Å². The summed E-state index contributed by atoms with van der Waals surface area (Å²) in [6.07, 6.45) is 1.55. The molecule has 132 valence electrons. The van der Waals surface area contributed by atoms with E-state index >= 15 is 0 Å². The van der Waals surface area contributed by atoms with Gasteiger partial charge in [-0.05, 0) is 23.3 Å². The first-order valence-electron chi connectivity index (χ1n) is 8.34. The Morgan fingerprint density at radius 2 is 2.00 bits per heavy atom. The maximum absolute atomic E-state index is 14.4. The van der Waals surface area contributed by atoms with Gasteiger partial charge in [0.1, 0.15) is 0 Å². The minimum atomic E-state index is -0.447. The lowest BCUT2D eigenvalue weighted by Gasteiger charge is -2.34. The summed E-state index contributed by atoms with van der Waals surface area (Å²) in [6, 6.07) is 9.51. The van der Waals surface area contributed by atoms with E-state index in [0.717, 1.165) is 43.9 Å². The zero-order valence-corrected chi connectivity index (χ0v) is 14.5. The molecule has 5 nitrogen and oxygen atoms in total. The number of amides is 1. The van der Waals surface area contributed by atoms with Crippen molar-refractivity contribution in [3.63, 3.8) is 0 Å². The first-order valence-corrected chi connectivity index (χ1v) is 8.34. The molecule has 0 atom stereocenters. The van der Waals surface area contributed by atoms with Crippen LogP contribution >= 0.6 is 0 Å². The second kappa shape index (κ2) is 7.61. The van der Waals surface area contributed by atoms with Gasteiger partial charge < -0.3 is 9.64 Å². The predicted molar refractivity (Wildman–Crippen MR) is 93.7 cm³/mol. The fraction of sp³-hybridized carbons (Fsp3) is 0.368. The van der Waals surface area contributed by atoms with Gasteiger partial charge in [-0.3, -0.25) is 9.69 Å². The molecule has 1 aliphatic heterocycles. The highest BCUT2D eigenvalue weighted by Gasteiger charge is 2.19. The number of ether oxygens (including phenoxy) is 1. The predicted octanol–water partition coefficient (Wildman–Crippen LogP) is 2.56. The van der Waals surface area contributed by atoms with Gasteiger partial charge in [0, 0.05) is 51.4 Å². The zero-order valence-electron chi connectivity index (χ0n) is 14.5. The average Bonchev–Trinajstić information content (AvgIpc) is 2.62. The third-order valence-corrected chi connectivity index (χ3v) is 4.51. The van der Waals surface area contributed by atoms with Crippen molar-refractivity contribution in [1.82, 2.24) is 14.8 Å². The van der Waals surface area contributed by atoms with Crippen LogP contribution in [0, 0.1) is 5.82 Å². The van der Waals surface area contributed by atoms with E-state index in [1.165, 1.54) is 7.11 Å².